The van der Waals surface area contributed by atoms with Crippen molar-refractivity contribution >= 4 is 11.7 Å². The van der Waals surface area contributed by atoms with Gasteiger partial charge in [0, 0.05) is 6.07 Å². The summed E-state index contributed by atoms with van der Waals surface area (Å²) in [5, 5.41) is 11.0. The van der Waals surface area contributed by atoms with Crippen LogP contribution in [0.15, 0.2) is 36.4 Å². The van der Waals surface area contributed by atoms with Crippen molar-refractivity contribution in [3.8, 4) is 11.5 Å². The molecule has 2 aromatic rings. The molecule has 7 nitrogen and oxygen atoms in total. The van der Waals surface area contributed by atoms with Crippen molar-refractivity contribution in [2.75, 3.05) is 14.2 Å². The maximum atomic E-state index is 13.6. The average molecular weight is 335 g/mol. The third-order valence-electron chi connectivity index (χ3n) is 3.20. The highest BCUT2D eigenvalue weighted by atomic mass is 19.1. The number of esters is 1. The molecule has 0 radical (unpaired) electrons. The molecule has 0 unspecified atom stereocenters. The van der Waals surface area contributed by atoms with Gasteiger partial charge in [0.2, 0.25) is 0 Å². The SMILES string of the molecule is COc1ccc(COC(=O)c2ccc(OC)c([N+](=O)[O-])c2)cc1F. The van der Waals surface area contributed by atoms with Crippen molar-refractivity contribution in [2.45, 2.75) is 6.61 Å². The van der Waals surface area contributed by atoms with Gasteiger partial charge in [0.25, 0.3) is 0 Å². The summed E-state index contributed by atoms with van der Waals surface area (Å²) >= 11 is 0. The number of ether oxygens (including phenoxy) is 3. The van der Waals surface area contributed by atoms with Crippen molar-refractivity contribution in [2.24, 2.45) is 0 Å². The summed E-state index contributed by atoms with van der Waals surface area (Å²) in [7, 11) is 2.63. The lowest BCUT2D eigenvalue weighted by Gasteiger charge is -2.08. The zero-order valence-electron chi connectivity index (χ0n) is 12.9. The molecule has 0 saturated heterocycles. The van der Waals surface area contributed by atoms with Crippen molar-refractivity contribution in [3.05, 3.63) is 63.5 Å². The molecule has 0 bridgehead atoms. The summed E-state index contributed by atoms with van der Waals surface area (Å²) in [4.78, 5) is 22.3. The van der Waals surface area contributed by atoms with Crippen LogP contribution in [0.4, 0.5) is 10.1 Å². The van der Waals surface area contributed by atoms with E-state index in [0.717, 1.165) is 6.07 Å². The fourth-order valence-electron chi connectivity index (χ4n) is 1.99. The smallest absolute Gasteiger partial charge is 0.338 e. The van der Waals surface area contributed by atoms with E-state index in [1.165, 1.54) is 38.5 Å². The van der Waals surface area contributed by atoms with Gasteiger partial charge in [-0.1, -0.05) is 6.07 Å². The molecule has 0 N–H and O–H groups in total. The van der Waals surface area contributed by atoms with Crippen LogP contribution in [-0.2, 0) is 11.3 Å². The van der Waals surface area contributed by atoms with Crippen LogP contribution in [0.2, 0.25) is 0 Å². The van der Waals surface area contributed by atoms with Crippen LogP contribution in [0.5, 0.6) is 11.5 Å². The number of nitro benzene ring substituents is 1. The average Bonchev–Trinajstić information content (AvgIpc) is 2.59. The van der Waals surface area contributed by atoms with Gasteiger partial charge >= 0.3 is 11.7 Å². The number of methoxy groups -OCH3 is 2. The quantitative estimate of drug-likeness (QED) is 0.458. The van der Waals surface area contributed by atoms with E-state index in [2.05, 4.69) is 0 Å². The minimum Gasteiger partial charge on any atom is -0.494 e. The van der Waals surface area contributed by atoms with Crippen LogP contribution in [0.3, 0.4) is 0 Å². The largest absolute Gasteiger partial charge is 0.494 e. The lowest BCUT2D eigenvalue weighted by Crippen LogP contribution is -2.06. The van der Waals surface area contributed by atoms with Crippen LogP contribution in [0, 0.1) is 15.9 Å². The fraction of sp³-hybridized carbons (Fsp3) is 0.188. The van der Waals surface area contributed by atoms with E-state index in [4.69, 9.17) is 14.2 Å². The topological polar surface area (TPSA) is 87.9 Å². The van der Waals surface area contributed by atoms with Gasteiger partial charge in [0.05, 0.1) is 24.7 Å². The van der Waals surface area contributed by atoms with Crippen LogP contribution in [0.1, 0.15) is 15.9 Å². The monoisotopic (exact) mass is 335 g/mol. The summed E-state index contributed by atoms with van der Waals surface area (Å²) in [6.07, 6.45) is 0. The maximum absolute atomic E-state index is 13.6. The van der Waals surface area contributed by atoms with Gasteiger partial charge in [-0.2, -0.15) is 0 Å². The lowest BCUT2D eigenvalue weighted by atomic mass is 10.2. The highest BCUT2D eigenvalue weighted by molar-refractivity contribution is 5.90. The summed E-state index contributed by atoms with van der Waals surface area (Å²) in [5.41, 5.74) is 0.0728. The van der Waals surface area contributed by atoms with Crippen LogP contribution < -0.4 is 9.47 Å². The first-order valence-electron chi connectivity index (χ1n) is 6.78. The van der Waals surface area contributed by atoms with Gasteiger partial charge in [-0.3, -0.25) is 10.1 Å². The molecular weight excluding hydrogens is 321 g/mol. The second-order valence-electron chi connectivity index (χ2n) is 4.69. The Morgan fingerprint density at radius 3 is 2.38 bits per heavy atom. The van der Waals surface area contributed by atoms with Crippen LogP contribution in [-0.4, -0.2) is 25.1 Å². The Balaban J connectivity index is 2.11. The predicted molar refractivity (Wildman–Crippen MR) is 81.7 cm³/mol. The zero-order valence-corrected chi connectivity index (χ0v) is 12.9. The second kappa shape index (κ2) is 7.40. The molecule has 126 valence electrons. The van der Waals surface area contributed by atoms with Gasteiger partial charge in [0.15, 0.2) is 17.3 Å². The molecule has 0 aliphatic carbocycles. The molecule has 24 heavy (non-hydrogen) atoms. The fourth-order valence-corrected chi connectivity index (χ4v) is 1.99. The molecule has 0 aliphatic heterocycles. The van der Waals surface area contributed by atoms with Gasteiger partial charge in [0.1, 0.15) is 6.61 Å². The molecular formula is C16H14FNO6. The van der Waals surface area contributed by atoms with E-state index >= 15 is 0 Å². The van der Waals surface area contributed by atoms with E-state index in [9.17, 15) is 19.3 Å². The third kappa shape index (κ3) is 3.78. The Morgan fingerprint density at radius 1 is 1.12 bits per heavy atom. The normalized spacial score (nSPS) is 10.1. The number of carbonyl (C=O) groups excluding carboxylic acids is 1. The van der Waals surface area contributed by atoms with E-state index < -0.39 is 16.7 Å². The third-order valence-corrected chi connectivity index (χ3v) is 3.20. The Kier molecular flexibility index (Phi) is 5.31. The zero-order chi connectivity index (χ0) is 17.7. The Hall–Kier alpha value is -3.16. The number of nitro groups is 1. The summed E-state index contributed by atoms with van der Waals surface area (Å²) < 4.78 is 28.3. The van der Waals surface area contributed by atoms with Gasteiger partial charge in [-0.05, 0) is 29.8 Å². The van der Waals surface area contributed by atoms with Crippen molar-refractivity contribution in [3.63, 3.8) is 0 Å². The van der Waals surface area contributed by atoms with E-state index in [1.54, 1.807) is 6.07 Å². The minimum atomic E-state index is -0.767. The molecule has 0 aromatic heterocycles. The predicted octanol–water partition coefficient (Wildman–Crippen LogP) is 3.11. The Labute approximate surface area is 136 Å². The number of benzene rings is 2. The number of halogens is 1. The highest BCUT2D eigenvalue weighted by Gasteiger charge is 2.19. The Morgan fingerprint density at radius 2 is 1.79 bits per heavy atom. The molecule has 2 rings (SSSR count). The summed E-state index contributed by atoms with van der Waals surface area (Å²) in [6, 6.07) is 7.87. The van der Waals surface area contributed by atoms with Gasteiger partial charge < -0.3 is 14.2 Å². The number of hydrogen-bond acceptors (Lipinski definition) is 6. The van der Waals surface area contributed by atoms with E-state index in [1.807, 2.05) is 0 Å². The number of rotatable bonds is 6. The number of hydrogen-bond donors (Lipinski definition) is 0. The molecule has 0 amide bonds. The molecule has 0 atom stereocenters. The maximum Gasteiger partial charge on any atom is 0.338 e. The molecule has 8 heteroatoms. The molecule has 0 spiro atoms. The summed E-state index contributed by atoms with van der Waals surface area (Å²) in [5.74, 6) is -1.23. The molecule has 0 fully saturated rings. The minimum absolute atomic E-state index is 0.00326. The van der Waals surface area contributed by atoms with E-state index in [-0.39, 0.29) is 29.4 Å². The second-order valence-corrected chi connectivity index (χ2v) is 4.69. The first kappa shape index (κ1) is 17.2. The standard InChI is InChI=1S/C16H14FNO6/c1-22-14-5-3-10(7-12(14)17)9-24-16(19)11-4-6-15(23-2)13(8-11)18(20)21/h3-8H,9H2,1-2H3. The molecule has 2 aromatic carbocycles. The Bertz CT molecular complexity index is 777. The summed E-state index contributed by atoms with van der Waals surface area (Å²) in [6.45, 7) is -0.181. The molecule has 0 saturated carbocycles. The number of carbonyl (C=O) groups is 1. The number of nitrogens with zero attached hydrogens (tertiary/aromatic N) is 1. The first-order chi connectivity index (χ1) is 11.5. The van der Waals surface area contributed by atoms with Crippen molar-refractivity contribution < 1.29 is 28.3 Å². The first-order valence-corrected chi connectivity index (χ1v) is 6.78. The van der Waals surface area contributed by atoms with Crippen molar-refractivity contribution in [1.29, 1.82) is 0 Å². The molecule has 0 aliphatic rings. The van der Waals surface area contributed by atoms with Gasteiger partial charge in [-0.15, -0.1) is 0 Å². The van der Waals surface area contributed by atoms with Crippen LogP contribution in [0.25, 0.3) is 0 Å². The lowest BCUT2D eigenvalue weighted by molar-refractivity contribution is -0.385. The molecule has 0 heterocycles. The van der Waals surface area contributed by atoms with Crippen LogP contribution >= 0.6 is 0 Å². The van der Waals surface area contributed by atoms with E-state index in [0.29, 0.717) is 5.56 Å². The highest BCUT2D eigenvalue weighted by Crippen LogP contribution is 2.28. The van der Waals surface area contributed by atoms with Crippen molar-refractivity contribution in [1.82, 2.24) is 0 Å². The van der Waals surface area contributed by atoms with Gasteiger partial charge in [-0.25, -0.2) is 9.18 Å².